The van der Waals surface area contributed by atoms with Crippen molar-refractivity contribution >= 4 is 5.91 Å². The second kappa shape index (κ2) is 9.25. The van der Waals surface area contributed by atoms with Crippen molar-refractivity contribution in [2.75, 3.05) is 6.54 Å². The number of nitrogens with zero attached hydrogens (tertiary/aromatic N) is 4. The highest BCUT2D eigenvalue weighted by Crippen LogP contribution is 2.73. The van der Waals surface area contributed by atoms with E-state index < -0.39 is 0 Å². The number of amides is 1. The molecule has 1 saturated heterocycles. The van der Waals surface area contributed by atoms with Gasteiger partial charge in [0.15, 0.2) is 0 Å². The van der Waals surface area contributed by atoms with Crippen LogP contribution in [0, 0.1) is 18.3 Å². The predicted octanol–water partition coefficient (Wildman–Crippen LogP) is 4.25. The maximum atomic E-state index is 13.0. The average molecular weight is 491 g/mol. The quantitative estimate of drug-likeness (QED) is 0.548. The molecule has 7 heteroatoms. The first kappa shape index (κ1) is 24.1. The highest BCUT2D eigenvalue weighted by atomic mass is 16.1. The fraction of sp³-hybridized carbons (Fsp3) is 0.690. The Morgan fingerprint density at radius 2 is 1.92 bits per heavy atom. The third-order valence-corrected chi connectivity index (χ3v) is 9.95. The summed E-state index contributed by atoms with van der Waals surface area (Å²) in [7, 11) is 0. The molecule has 3 N–H and O–H groups in total. The molecule has 4 unspecified atom stereocenters. The van der Waals surface area contributed by atoms with E-state index >= 15 is 0 Å². The lowest BCUT2D eigenvalue weighted by molar-refractivity contribution is -0.295. The Bertz CT molecular complexity index is 1090. The van der Waals surface area contributed by atoms with Gasteiger partial charge in [-0.2, -0.15) is 0 Å². The Morgan fingerprint density at radius 3 is 2.56 bits per heavy atom. The van der Waals surface area contributed by atoms with Crippen molar-refractivity contribution in [3.05, 3.63) is 47.5 Å². The van der Waals surface area contributed by atoms with E-state index in [4.69, 9.17) is 5.73 Å². The molecule has 1 aromatic heterocycles. The minimum atomic E-state index is 0.0624. The molecule has 0 bridgehead atoms. The van der Waals surface area contributed by atoms with Crippen molar-refractivity contribution < 1.29 is 4.79 Å². The largest absolute Gasteiger partial charge is 0.349 e. The van der Waals surface area contributed by atoms with Crippen molar-refractivity contribution in [2.45, 2.75) is 108 Å². The zero-order valence-corrected chi connectivity index (χ0v) is 22.1. The summed E-state index contributed by atoms with van der Waals surface area (Å²) in [6.07, 6.45) is 8.47. The van der Waals surface area contributed by atoms with Crippen molar-refractivity contribution in [1.82, 2.24) is 25.0 Å². The van der Waals surface area contributed by atoms with E-state index in [0.29, 0.717) is 41.8 Å². The second-order valence-electron chi connectivity index (χ2n) is 12.3. The number of benzene rings is 1. The van der Waals surface area contributed by atoms with Gasteiger partial charge in [0.25, 0.3) is 0 Å². The Hall–Kier alpha value is -2.25. The van der Waals surface area contributed by atoms with Crippen LogP contribution in [0.4, 0.5) is 0 Å². The third-order valence-electron chi connectivity index (χ3n) is 9.95. The van der Waals surface area contributed by atoms with E-state index in [1.165, 1.54) is 24.8 Å². The summed E-state index contributed by atoms with van der Waals surface area (Å²) in [5.41, 5.74) is 7.71. The van der Waals surface area contributed by atoms with E-state index in [1.54, 1.807) is 0 Å². The summed E-state index contributed by atoms with van der Waals surface area (Å²) in [6.45, 7) is 7.59. The van der Waals surface area contributed by atoms with Crippen LogP contribution in [0.3, 0.4) is 0 Å². The fourth-order valence-corrected chi connectivity index (χ4v) is 8.07. The molecule has 7 atom stereocenters. The number of piperidine rings is 2. The van der Waals surface area contributed by atoms with Gasteiger partial charge in [0.2, 0.25) is 5.91 Å². The van der Waals surface area contributed by atoms with Crippen LogP contribution in [0.2, 0.25) is 0 Å². The van der Waals surface area contributed by atoms with Gasteiger partial charge in [-0.25, -0.2) is 0 Å². The minimum Gasteiger partial charge on any atom is -0.349 e. The second-order valence-corrected chi connectivity index (χ2v) is 12.3. The molecule has 1 amide bonds. The lowest BCUT2D eigenvalue weighted by Crippen LogP contribution is -2.85. The average Bonchev–Trinajstić information content (AvgIpc) is 3.40. The number of likely N-dealkylation sites (tertiary alicyclic amines) is 1. The molecule has 7 nitrogen and oxygen atoms in total. The van der Waals surface area contributed by atoms with Crippen molar-refractivity contribution in [3.63, 3.8) is 0 Å². The van der Waals surface area contributed by atoms with Crippen LogP contribution in [-0.4, -0.2) is 50.2 Å². The van der Waals surface area contributed by atoms with Gasteiger partial charge in [-0.3, -0.25) is 9.69 Å². The van der Waals surface area contributed by atoms with Crippen LogP contribution >= 0.6 is 0 Å². The van der Waals surface area contributed by atoms with E-state index in [2.05, 4.69) is 70.0 Å². The molecular formula is C29H42N6O. The van der Waals surface area contributed by atoms with Crippen LogP contribution < -0.4 is 11.1 Å². The number of aryl methyl sites for hydroxylation is 1. The predicted molar refractivity (Wildman–Crippen MR) is 140 cm³/mol. The van der Waals surface area contributed by atoms with Gasteiger partial charge in [-0.05, 0) is 63.4 Å². The molecule has 3 saturated carbocycles. The summed E-state index contributed by atoms with van der Waals surface area (Å²) < 4.78 is 2.46. The molecule has 6 rings (SSSR count). The molecule has 4 aliphatic rings. The van der Waals surface area contributed by atoms with Crippen molar-refractivity contribution in [3.8, 4) is 0 Å². The third kappa shape index (κ3) is 3.81. The van der Waals surface area contributed by atoms with E-state index in [-0.39, 0.29) is 18.0 Å². The van der Waals surface area contributed by atoms with Gasteiger partial charge in [0.1, 0.15) is 11.6 Å². The molecule has 3 aliphatic carbocycles. The zero-order valence-electron chi connectivity index (χ0n) is 22.1. The molecule has 1 spiro atoms. The van der Waals surface area contributed by atoms with E-state index in [1.807, 2.05) is 6.07 Å². The van der Waals surface area contributed by atoms with Crippen molar-refractivity contribution in [2.24, 2.45) is 17.1 Å². The highest BCUT2D eigenvalue weighted by Gasteiger charge is 2.75. The highest BCUT2D eigenvalue weighted by molar-refractivity contribution is 5.76. The van der Waals surface area contributed by atoms with Crippen molar-refractivity contribution in [1.29, 1.82) is 0 Å². The van der Waals surface area contributed by atoms with Crippen LogP contribution in [0.5, 0.6) is 0 Å². The van der Waals surface area contributed by atoms with Crippen LogP contribution in [-0.2, 0) is 4.79 Å². The number of carbonyl (C=O) groups excluding carboxylic acids is 1. The smallest absolute Gasteiger partial charge is 0.220 e. The number of hydrogen-bond donors (Lipinski definition) is 2. The number of aromatic nitrogens is 3. The van der Waals surface area contributed by atoms with Gasteiger partial charge < -0.3 is 15.6 Å². The molecule has 2 aromatic rings. The monoisotopic (exact) mass is 490 g/mol. The molecule has 36 heavy (non-hydrogen) atoms. The first-order valence-electron chi connectivity index (χ1n) is 14.2. The molecule has 1 aliphatic heterocycles. The molecule has 4 fully saturated rings. The molecular weight excluding hydrogens is 448 g/mol. The molecule has 2 heterocycles. The van der Waals surface area contributed by atoms with E-state index in [0.717, 1.165) is 43.9 Å². The number of hydrogen-bond acceptors (Lipinski definition) is 5. The molecule has 1 aromatic carbocycles. The summed E-state index contributed by atoms with van der Waals surface area (Å²) in [4.78, 5) is 15.7. The summed E-state index contributed by atoms with van der Waals surface area (Å²) in [6, 6.07) is 12.7. The van der Waals surface area contributed by atoms with E-state index in [9.17, 15) is 4.79 Å². The lowest BCUT2D eigenvalue weighted by Gasteiger charge is -2.80. The zero-order chi connectivity index (χ0) is 25.0. The molecule has 194 valence electrons. The first-order valence-corrected chi connectivity index (χ1v) is 14.2. The number of nitrogens with one attached hydrogen (secondary N) is 1. The number of rotatable bonds is 9. The standard InChI is InChI=1S/C29H42N6O/c1-18(2)28-33-32-19(3)35(28)26-17-25-29(26)13-11-24(29)34(25)14-12-23(21-7-5-4-6-8-21)31-27(36)16-20-9-10-22(30)15-20/h4-8,18,20,22-26H,9-17,30H2,1-3H3,(H,31,36)/t20-,22+,23+,24?,25?,26?,29?/m1/s1. The first-order chi connectivity index (χ1) is 17.4. The summed E-state index contributed by atoms with van der Waals surface area (Å²) >= 11 is 0. The maximum Gasteiger partial charge on any atom is 0.220 e. The topological polar surface area (TPSA) is 89.1 Å². The van der Waals surface area contributed by atoms with Gasteiger partial charge in [-0.15, -0.1) is 10.2 Å². The maximum absolute atomic E-state index is 13.0. The Morgan fingerprint density at radius 1 is 1.11 bits per heavy atom. The summed E-state index contributed by atoms with van der Waals surface area (Å²) in [5, 5.41) is 12.3. The minimum absolute atomic E-state index is 0.0624. The van der Waals surface area contributed by atoms with Gasteiger partial charge in [0, 0.05) is 48.5 Å². The van der Waals surface area contributed by atoms with Gasteiger partial charge >= 0.3 is 0 Å². The SMILES string of the molecule is Cc1nnc(C(C)C)n1C1CC2N(CC[C@H](NC(=O)C[C@@H]3CC[C@H](N)C3)c3ccccc3)C3CCC321. The van der Waals surface area contributed by atoms with Gasteiger partial charge in [0.05, 0.1) is 6.04 Å². The molecule has 0 radical (unpaired) electrons. The Kier molecular flexibility index (Phi) is 6.19. The number of carbonyl (C=O) groups is 1. The lowest BCUT2D eigenvalue weighted by atomic mass is 9.40. The number of nitrogens with two attached hydrogens (primary N) is 1. The van der Waals surface area contributed by atoms with Crippen LogP contribution in [0.1, 0.15) is 100 Å². The summed E-state index contributed by atoms with van der Waals surface area (Å²) in [5.74, 6) is 3.22. The normalized spacial score (nSPS) is 33.8. The fourth-order valence-electron chi connectivity index (χ4n) is 8.07. The Balaban J connectivity index is 1.11. The van der Waals surface area contributed by atoms with Crippen LogP contribution in [0.15, 0.2) is 30.3 Å². The van der Waals surface area contributed by atoms with Gasteiger partial charge in [-0.1, -0.05) is 44.2 Å². The van der Waals surface area contributed by atoms with Crippen LogP contribution in [0.25, 0.3) is 0 Å². The Labute approximate surface area is 215 Å².